The molecule has 2 saturated heterocycles. The summed E-state index contributed by atoms with van der Waals surface area (Å²) in [5.74, 6) is 0.894. The number of hydrogen-bond donors (Lipinski definition) is 1. The molecule has 0 aromatic carbocycles. The van der Waals surface area contributed by atoms with Crippen molar-refractivity contribution in [2.45, 2.75) is 31.9 Å². The summed E-state index contributed by atoms with van der Waals surface area (Å²) in [5.41, 5.74) is 0.416. The van der Waals surface area contributed by atoms with Crippen LogP contribution in [0.4, 0.5) is 0 Å². The molecule has 2 aliphatic rings. The van der Waals surface area contributed by atoms with E-state index in [2.05, 4.69) is 20.4 Å². The molecule has 1 N–H and O–H groups in total. The first-order chi connectivity index (χ1) is 14.0. The molecule has 0 spiro atoms. The van der Waals surface area contributed by atoms with Crippen LogP contribution < -0.4 is 5.32 Å². The Hall–Kier alpha value is -1.41. The fourth-order valence-electron chi connectivity index (χ4n) is 3.58. The molecule has 0 unspecified atom stereocenters. The van der Waals surface area contributed by atoms with Crippen LogP contribution in [-0.2, 0) is 20.6 Å². The van der Waals surface area contributed by atoms with Crippen LogP contribution in [0.3, 0.4) is 0 Å². The van der Waals surface area contributed by atoms with E-state index >= 15 is 0 Å². The van der Waals surface area contributed by atoms with Crippen molar-refractivity contribution in [3.05, 3.63) is 18.0 Å². The summed E-state index contributed by atoms with van der Waals surface area (Å²) in [4.78, 5) is 20.3. The lowest BCUT2D eigenvalue weighted by Crippen LogP contribution is -2.54. The molecule has 12 heteroatoms. The number of halogens is 1. The predicted octanol–water partition coefficient (Wildman–Crippen LogP) is 0.718. The first-order valence-electron chi connectivity index (χ1n) is 10.2. The first kappa shape index (κ1) is 24.9. The number of guanidine groups is 1. The second-order valence-corrected chi connectivity index (χ2v) is 9.18. The Kier molecular flexibility index (Phi) is 9.81. The summed E-state index contributed by atoms with van der Waals surface area (Å²) in [7, 11) is -3.42. The zero-order valence-electron chi connectivity index (χ0n) is 17.3. The highest BCUT2D eigenvalue weighted by atomic mass is 127. The summed E-state index contributed by atoms with van der Waals surface area (Å²) >= 11 is 0. The van der Waals surface area contributed by atoms with Gasteiger partial charge in [-0.2, -0.15) is 4.31 Å². The molecule has 170 valence electrons. The van der Waals surface area contributed by atoms with Crippen LogP contribution in [0.5, 0.6) is 0 Å². The third-order valence-corrected chi connectivity index (χ3v) is 6.92. The van der Waals surface area contributed by atoms with Gasteiger partial charge in [-0.3, -0.25) is 9.79 Å². The van der Waals surface area contributed by atoms with Crippen molar-refractivity contribution < 1.29 is 17.7 Å². The average molecular weight is 554 g/mol. The Bertz CT molecular complexity index is 794. The number of nitrogens with one attached hydrogen (secondary N) is 1. The van der Waals surface area contributed by atoms with Gasteiger partial charge in [0, 0.05) is 64.8 Å². The van der Waals surface area contributed by atoms with Gasteiger partial charge in [-0.1, -0.05) is 5.16 Å². The van der Waals surface area contributed by atoms with Crippen molar-refractivity contribution >= 4 is 45.9 Å². The largest absolute Gasteiger partial charge is 0.364 e. The second kappa shape index (κ2) is 11.8. The second-order valence-electron chi connectivity index (χ2n) is 7.21. The van der Waals surface area contributed by atoms with Crippen LogP contribution in [-0.4, -0.2) is 91.9 Å². The molecule has 0 atom stereocenters. The van der Waals surface area contributed by atoms with Crippen molar-refractivity contribution in [2.75, 3.05) is 52.4 Å². The number of hydrogen-bond acceptors (Lipinski definition) is 6. The Morgan fingerprint density at radius 2 is 2.03 bits per heavy atom. The number of carbonyl (C=O) groups is 1. The number of sulfonamides is 1. The minimum Gasteiger partial charge on any atom is -0.364 e. The normalized spacial score (nSPS) is 18.6. The number of aliphatic imine (C=N–C) groups is 1. The zero-order chi connectivity index (χ0) is 20.7. The van der Waals surface area contributed by atoms with E-state index < -0.39 is 10.0 Å². The highest BCUT2D eigenvalue weighted by Crippen LogP contribution is 2.13. The van der Waals surface area contributed by atoms with E-state index in [4.69, 9.17) is 4.52 Å². The van der Waals surface area contributed by atoms with Crippen molar-refractivity contribution in [3.63, 3.8) is 0 Å². The molecular formula is C18H31IN6O4S. The fourth-order valence-corrected chi connectivity index (χ4v) is 5.01. The molecule has 0 bridgehead atoms. The van der Waals surface area contributed by atoms with Crippen molar-refractivity contribution in [1.29, 1.82) is 0 Å². The lowest BCUT2D eigenvalue weighted by atomic mass is 10.3. The van der Waals surface area contributed by atoms with E-state index in [0.29, 0.717) is 44.8 Å². The zero-order valence-corrected chi connectivity index (χ0v) is 20.5. The number of nitrogens with zero attached hydrogens (tertiary/aromatic N) is 5. The lowest BCUT2D eigenvalue weighted by molar-refractivity contribution is -0.127. The van der Waals surface area contributed by atoms with E-state index in [1.807, 2.05) is 11.8 Å². The van der Waals surface area contributed by atoms with E-state index in [1.165, 1.54) is 10.6 Å². The standard InChI is InChI=1S/C18H30N6O4S.HI/c1-2-19-18(20-7-4-9-22-8-3-5-17(22)25)23-10-12-24(13-11-23)29(26,27)15-16-6-14-28-21-16;/h6,14H,2-5,7-13,15H2,1H3,(H,19,20);1H. The summed E-state index contributed by atoms with van der Waals surface area (Å²) < 4.78 is 31.4. The number of carbonyl (C=O) groups excluding carboxylic acids is 1. The molecule has 2 aliphatic heterocycles. The molecule has 0 saturated carbocycles. The van der Waals surface area contributed by atoms with E-state index in [0.717, 1.165) is 38.4 Å². The maximum Gasteiger partial charge on any atom is 0.222 e. The molecule has 1 amide bonds. The van der Waals surface area contributed by atoms with Crippen LogP contribution in [0.1, 0.15) is 31.9 Å². The van der Waals surface area contributed by atoms with Crippen LogP contribution in [0.15, 0.2) is 21.8 Å². The van der Waals surface area contributed by atoms with Gasteiger partial charge in [-0.15, -0.1) is 24.0 Å². The van der Waals surface area contributed by atoms with Crippen molar-refractivity contribution in [3.8, 4) is 0 Å². The topological polar surface area (TPSA) is 111 Å². The van der Waals surface area contributed by atoms with Gasteiger partial charge < -0.3 is 19.6 Å². The molecule has 3 heterocycles. The van der Waals surface area contributed by atoms with E-state index in [-0.39, 0.29) is 35.6 Å². The van der Waals surface area contributed by atoms with Crippen molar-refractivity contribution in [2.24, 2.45) is 4.99 Å². The van der Waals surface area contributed by atoms with Gasteiger partial charge in [-0.05, 0) is 19.8 Å². The maximum absolute atomic E-state index is 12.6. The van der Waals surface area contributed by atoms with Gasteiger partial charge in [0.15, 0.2) is 5.96 Å². The molecule has 0 aliphatic carbocycles. The predicted molar refractivity (Wildman–Crippen MR) is 124 cm³/mol. The SMILES string of the molecule is CCNC(=NCCCN1CCCC1=O)N1CCN(S(=O)(=O)Cc2ccon2)CC1.I. The minimum atomic E-state index is -3.42. The molecule has 0 radical (unpaired) electrons. The Balaban J connectivity index is 0.00000320. The van der Waals surface area contributed by atoms with Gasteiger partial charge in [-0.25, -0.2) is 8.42 Å². The summed E-state index contributed by atoms with van der Waals surface area (Å²) in [6, 6.07) is 1.57. The van der Waals surface area contributed by atoms with Crippen LogP contribution in [0.2, 0.25) is 0 Å². The first-order valence-corrected chi connectivity index (χ1v) is 11.8. The lowest BCUT2D eigenvalue weighted by Gasteiger charge is -2.35. The number of piperazine rings is 1. The Morgan fingerprint density at radius 1 is 1.27 bits per heavy atom. The van der Waals surface area contributed by atoms with Gasteiger partial charge in [0.25, 0.3) is 0 Å². The number of aromatic nitrogens is 1. The molecule has 1 aromatic heterocycles. The molecule has 2 fully saturated rings. The smallest absolute Gasteiger partial charge is 0.222 e. The third-order valence-electron chi connectivity index (χ3n) is 5.11. The minimum absolute atomic E-state index is 0. The van der Waals surface area contributed by atoms with Crippen LogP contribution >= 0.6 is 24.0 Å². The van der Waals surface area contributed by atoms with Gasteiger partial charge in [0.1, 0.15) is 12.0 Å². The number of amides is 1. The molecular weight excluding hydrogens is 523 g/mol. The van der Waals surface area contributed by atoms with Gasteiger partial charge in [0.05, 0.1) is 5.69 Å². The van der Waals surface area contributed by atoms with Crippen molar-refractivity contribution in [1.82, 2.24) is 24.6 Å². The Labute approximate surface area is 195 Å². The number of likely N-dealkylation sites (tertiary alicyclic amines) is 1. The fraction of sp³-hybridized carbons (Fsp3) is 0.722. The number of rotatable bonds is 8. The highest BCUT2D eigenvalue weighted by Gasteiger charge is 2.29. The Morgan fingerprint density at radius 3 is 2.63 bits per heavy atom. The van der Waals surface area contributed by atoms with E-state index in [1.54, 1.807) is 6.07 Å². The summed E-state index contributed by atoms with van der Waals surface area (Å²) in [6.45, 7) is 6.97. The summed E-state index contributed by atoms with van der Waals surface area (Å²) in [6.07, 6.45) is 3.82. The maximum atomic E-state index is 12.6. The molecule has 10 nitrogen and oxygen atoms in total. The molecule has 30 heavy (non-hydrogen) atoms. The quantitative estimate of drug-likeness (QED) is 0.218. The molecule has 1 aromatic rings. The highest BCUT2D eigenvalue weighted by molar-refractivity contribution is 14.0. The third kappa shape index (κ3) is 6.80. The van der Waals surface area contributed by atoms with E-state index in [9.17, 15) is 13.2 Å². The monoisotopic (exact) mass is 554 g/mol. The summed E-state index contributed by atoms with van der Waals surface area (Å²) in [5, 5.41) is 6.98. The van der Waals surface area contributed by atoms with Gasteiger partial charge >= 0.3 is 0 Å². The molecule has 3 rings (SSSR count). The average Bonchev–Trinajstić information content (AvgIpc) is 3.36. The van der Waals surface area contributed by atoms with Crippen LogP contribution in [0, 0.1) is 0 Å². The van der Waals surface area contributed by atoms with Crippen LogP contribution in [0.25, 0.3) is 0 Å². The van der Waals surface area contributed by atoms with Gasteiger partial charge in [0.2, 0.25) is 15.9 Å².